The number of hydrogen-bond acceptors (Lipinski definition) is 1. The molecule has 0 aliphatic heterocycles. The molecule has 0 amide bonds. The Morgan fingerprint density at radius 3 is 2.46 bits per heavy atom. The van der Waals surface area contributed by atoms with E-state index in [1.807, 2.05) is 0 Å². The van der Waals surface area contributed by atoms with E-state index in [0.29, 0.717) is 0 Å². The van der Waals surface area contributed by atoms with Gasteiger partial charge in [0.15, 0.2) is 0 Å². The van der Waals surface area contributed by atoms with Crippen molar-refractivity contribution >= 4 is 0 Å². The number of hydrogen-bond donors (Lipinski definition) is 1. The van der Waals surface area contributed by atoms with Crippen molar-refractivity contribution in [3.63, 3.8) is 0 Å². The molecular weight excluding hydrogens is 160 g/mol. The standard InChI is InChI=1S/C11H19N2/c1-9-8-12-10(2)11(9)6-5-7-13(3)4/h12H,5-7H2,1-4H3. The van der Waals surface area contributed by atoms with Crippen LogP contribution < -0.4 is 0 Å². The number of rotatable bonds is 4. The molecule has 0 saturated heterocycles. The molecular formula is C11H19N2. The maximum Gasteiger partial charge on any atom is 0.0657 e. The Balaban J connectivity index is 2.44. The van der Waals surface area contributed by atoms with Crippen molar-refractivity contribution in [1.82, 2.24) is 9.88 Å². The Kier molecular flexibility index (Phi) is 3.55. The summed E-state index contributed by atoms with van der Waals surface area (Å²) in [7, 11) is 4.23. The van der Waals surface area contributed by atoms with Gasteiger partial charge in [0.05, 0.1) is 6.20 Å². The van der Waals surface area contributed by atoms with Crippen molar-refractivity contribution in [3.8, 4) is 0 Å². The molecule has 1 N–H and O–H groups in total. The van der Waals surface area contributed by atoms with Crippen LogP contribution in [0.15, 0.2) is 0 Å². The van der Waals surface area contributed by atoms with Gasteiger partial charge in [0, 0.05) is 5.69 Å². The van der Waals surface area contributed by atoms with Gasteiger partial charge in [-0.3, -0.25) is 0 Å². The van der Waals surface area contributed by atoms with Gasteiger partial charge in [-0.1, -0.05) is 0 Å². The minimum Gasteiger partial charge on any atom is -0.357 e. The van der Waals surface area contributed by atoms with Crippen LogP contribution in [0.4, 0.5) is 0 Å². The van der Waals surface area contributed by atoms with Gasteiger partial charge in [-0.05, 0) is 58.5 Å². The highest BCUT2D eigenvalue weighted by Crippen LogP contribution is 2.13. The summed E-state index contributed by atoms with van der Waals surface area (Å²) in [6.45, 7) is 5.40. The van der Waals surface area contributed by atoms with Gasteiger partial charge in [0.2, 0.25) is 0 Å². The van der Waals surface area contributed by atoms with E-state index in [-0.39, 0.29) is 0 Å². The summed E-state index contributed by atoms with van der Waals surface area (Å²) in [5, 5.41) is 0. The lowest BCUT2D eigenvalue weighted by atomic mass is 10.1. The van der Waals surface area contributed by atoms with Crippen LogP contribution in [0.25, 0.3) is 0 Å². The lowest BCUT2D eigenvalue weighted by Gasteiger charge is -2.09. The Morgan fingerprint density at radius 1 is 1.31 bits per heavy atom. The van der Waals surface area contributed by atoms with E-state index in [9.17, 15) is 0 Å². The molecule has 0 atom stereocenters. The number of H-pyrrole nitrogens is 1. The minimum absolute atomic E-state index is 1.16. The lowest BCUT2D eigenvalue weighted by molar-refractivity contribution is 0.400. The van der Waals surface area contributed by atoms with Crippen molar-refractivity contribution in [3.05, 3.63) is 23.0 Å². The second kappa shape index (κ2) is 4.47. The highest BCUT2D eigenvalue weighted by atomic mass is 15.0. The number of nitrogens with one attached hydrogen (secondary N) is 1. The zero-order chi connectivity index (χ0) is 9.84. The Morgan fingerprint density at radius 2 is 2.00 bits per heavy atom. The van der Waals surface area contributed by atoms with Crippen LogP contribution in [-0.4, -0.2) is 30.5 Å². The van der Waals surface area contributed by atoms with Crippen molar-refractivity contribution in [2.75, 3.05) is 20.6 Å². The number of aryl methyl sites for hydroxylation is 2. The van der Waals surface area contributed by atoms with Crippen LogP contribution in [0.2, 0.25) is 0 Å². The molecule has 0 aliphatic carbocycles. The summed E-state index contributed by atoms with van der Waals surface area (Å²) < 4.78 is 0. The fraction of sp³-hybridized carbons (Fsp3) is 0.636. The second-order valence-electron chi connectivity index (χ2n) is 3.89. The summed E-state index contributed by atoms with van der Waals surface area (Å²) in [5.74, 6) is 0. The number of aromatic amines is 1. The monoisotopic (exact) mass is 179 g/mol. The first-order valence-corrected chi connectivity index (χ1v) is 4.81. The van der Waals surface area contributed by atoms with Crippen LogP contribution in [0.1, 0.15) is 23.2 Å². The first-order chi connectivity index (χ1) is 6.11. The first kappa shape index (κ1) is 10.3. The third-order valence-corrected chi connectivity index (χ3v) is 2.37. The molecule has 0 spiro atoms. The quantitative estimate of drug-likeness (QED) is 0.748. The minimum atomic E-state index is 1.16. The van der Waals surface area contributed by atoms with E-state index < -0.39 is 0 Å². The molecule has 1 aromatic rings. The van der Waals surface area contributed by atoms with Crippen LogP contribution in [0.5, 0.6) is 0 Å². The van der Waals surface area contributed by atoms with Gasteiger partial charge in [0.25, 0.3) is 0 Å². The molecule has 0 unspecified atom stereocenters. The molecule has 73 valence electrons. The number of aromatic nitrogens is 1. The maximum absolute atomic E-state index is 3.14. The summed E-state index contributed by atoms with van der Waals surface area (Å²) >= 11 is 0. The van der Waals surface area contributed by atoms with Gasteiger partial charge >= 0.3 is 0 Å². The van der Waals surface area contributed by atoms with Crippen LogP contribution in [-0.2, 0) is 6.42 Å². The van der Waals surface area contributed by atoms with E-state index in [1.54, 1.807) is 0 Å². The normalized spacial score (nSPS) is 11.2. The largest absolute Gasteiger partial charge is 0.357 e. The summed E-state index contributed by atoms with van der Waals surface area (Å²) in [5.41, 5.74) is 3.99. The van der Waals surface area contributed by atoms with Crippen molar-refractivity contribution in [2.24, 2.45) is 0 Å². The van der Waals surface area contributed by atoms with Crippen molar-refractivity contribution in [2.45, 2.75) is 26.7 Å². The van der Waals surface area contributed by atoms with Gasteiger partial charge < -0.3 is 9.88 Å². The molecule has 0 bridgehead atoms. The van der Waals surface area contributed by atoms with Gasteiger partial charge in [0.1, 0.15) is 0 Å². The highest BCUT2D eigenvalue weighted by molar-refractivity contribution is 5.27. The third kappa shape index (κ3) is 2.88. The summed E-state index contributed by atoms with van der Waals surface area (Å²) in [6.07, 6.45) is 5.52. The first-order valence-electron chi connectivity index (χ1n) is 4.81. The number of nitrogens with zero attached hydrogens (tertiary/aromatic N) is 1. The lowest BCUT2D eigenvalue weighted by Crippen LogP contribution is -2.13. The highest BCUT2D eigenvalue weighted by Gasteiger charge is 2.04. The average molecular weight is 179 g/mol. The summed E-state index contributed by atoms with van der Waals surface area (Å²) in [6, 6.07) is 0. The van der Waals surface area contributed by atoms with E-state index in [1.165, 1.54) is 23.2 Å². The smallest absolute Gasteiger partial charge is 0.0657 e. The average Bonchev–Trinajstić information content (AvgIpc) is 2.34. The maximum atomic E-state index is 3.14. The van der Waals surface area contributed by atoms with Gasteiger partial charge in [-0.2, -0.15) is 0 Å². The predicted octanol–water partition coefficient (Wildman–Crippen LogP) is 1.93. The molecule has 2 heteroatoms. The Hall–Kier alpha value is -0.760. The van der Waals surface area contributed by atoms with E-state index in [0.717, 1.165) is 13.0 Å². The fourth-order valence-electron chi connectivity index (χ4n) is 1.57. The van der Waals surface area contributed by atoms with Crippen molar-refractivity contribution in [1.29, 1.82) is 0 Å². The molecule has 2 nitrogen and oxygen atoms in total. The van der Waals surface area contributed by atoms with Crippen LogP contribution in [0, 0.1) is 20.0 Å². The van der Waals surface area contributed by atoms with Crippen LogP contribution >= 0.6 is 0 Å². The van der Waals surface area contributed by atoms with Gasteiger partial charge in [-0.15, -0.1) is 0 Å². The van der Waals surface area contributed by atoms with Gasteiger partial charge in [-0.25, -0.2) is 0 Å². The second-order valence-corrected chi connectivity index (χ2v) is 3.89. The van der Waals surface area contributed by atoms with Crippen LogP contribution in [0.3, 0.4) is 0 Å². The topological polar surface area (TPSA) is 19.0 Å². The predicted molar refractivity (Wildman–Crippen MR) is 56.0 cm³/mol. The van der Waals surface area contributed by atoms with E-state index >= 15 is 0 Å². The zero-order valence-corrected chi connectivity index (χ0v) is 9.07. The van der Waals surface area contributed by atoms with E-state index in [2.05, 4.69) is 44.0 Å². The molecule has 0 fully saturated rings. The molecule has 1 rings (SSSR count). The zero-order valence-electron chi connectivity index (χ0n) is 9.07. The molecule has 0 aliphatic rings. The molecule has 1 radical (unpaired) electrons. The fourth-order valence-corrected chi connectivity index (χ4v) is 1.57. The van der Waals surface area contributed by atoms with Crippen molar-refractivity contribution < 1.29 is 0 Å². The SMILES string of the molecule is Cc1[c][nH]c(C)c1CCCN(C)C. The molecule has 0 saturated carbocycles. The van der Waals surface area contributed by atoms with E-state index in [4.69, 9.17) is 0 Å². The Bertz CT molecular complexity index is 242. The molecule has 0 aromatic carbocycles. The Labute approximate surface area is 81.0 Å². The molecule has 1 aromatic heterocycles. The summed E-state index contributed by atoms with van der Waals surface area (Å²) in [4.78, 5) is 5.36. The molecule has 1 heterocycles. The molecule has 13 heavy (non-hydrogen) atoms. The third-order valence-electron chi connectivity index (χ3n) is 2.37.